The maximum atomic E-state index is 4.99. The van der Waals surface area contributed by atoms with Gasteiger partial charge in [0.05, 0.1) is 0 Å². The summed E-state index contributed by atoms with van der Waals surface area (Å²) in [7, 11) is 1.74. The smallest absolute Gasteiger partial charge is 0.0474 e. The summed E-state index contributed by atoms with van der Waals surface area (Å²) in [4.78, 5) is 0. The molecule has 0 aliphatic rings. The van der Waals surface area contributed by atoms with Crippen molar-refractivity contribution in [1.82, 2.24) is 5.32 Å². The van der Waals surface area contributed by atoms with E-state index in [1.54, 1.807) is 7.11 Å². The molecule has 0 amide bonds. The van der Waals surface area contributed by atoms with Gasteiger partial charge in [-0.3, -0.25) is 0 Å². The van der Waals surface area contributed by atoms with E-state index < -0.39 is 0 Å². The van der Waals surface area contributed by atoms with E-state index in [-0.39, 0.29) is 0 Å². The fraction of sp³-hybridized carbons (Fsp3) is 0.500. The quantitative estimate of drug-likeness (QED) is 0.700. The van der Waals surface area contributed by atoms with Crippen LogP contribution < -0.4 is 5.32 Å². The number of benzene rings is 1. The highest BCUT2D eigenvalue weighted by Crippen LogP contribution is 2.10. The first kappa shape index (κ1) is 11.2. The van der Waals surface area contributed by atoms with E-state index in [0.29, 0.717) is 6.04 Å². The molecule has 0 heterocycles. The molecule has 1 atom stereocenters. The van der Waals surface area contributed by atoms with E-state index in [9.17, 15) is 0 Å². The molecule has 1 aromatic carbocycles. The van der Waals surface area contributed by atoms with Gasteiger partial charge < -0.3 is 10.1 Å². The summed E-state index contributed by atoms with van der Waals surface area (Å²) in [6, 6.07) is 10.9. The molecule has 0 fully saturated rings. The minimum Gasteiger partial charge on any atom is -0.385 e. The normalized spacial score (nSPS) is 12.7. The van der Waals surface area contributed by atoms with Crippen LogP contribution in [0.3, 0.4) is 0 Å². The average Bonchev–Trinajstić information content (AvgIpc) is 2.25. The zero-order chi connectivity index (χ0) is 10.2. The molecule has 0 aliphatic carbocycles. The Labute approximate surface area is 86.3 Å². The molecule has 1 rings (SSSR count). The van der Waals surface area contributed by atoms with Crippen molar-refractivity contribution in [3.8, 4) is 0 Å². The average molecular weight is 193 g/mol. The zero-order valence-electron chi connectivity index (χ0n) is 8.99. The van der Waals surface area contributed by atoms with Crippen molar-refractivity contribution >= 4 is 0 Å². The first-order valence-electron chi connectivity index (χ1n) is 5.12. The molecule has 0 saturated carbocycles. The lowest BCUT2D eigenvalue weighted by atomic mass is 10.1. The molecule has 0 aromatic heterocycles. The van der Waals surface area contributed by atoms with Crippen LogP contribution >= 0.6 is 0 Å². The van der Waals surface area contributed by atoms with Crippen molar-refractivity contribution in [2.45, 2.75) is 19.4 Å². The van der Waals surface area contributed by atoms with Crippen LogP contribution in [0.1, 0.15) is 24.9 Å². The molecule has 0 spiro atoms. The number of ether oxygens (including phenoxy) is 1. The van der Waals surface area contributed by atoms with Crippen LogP contribution in [0.5, 0.6) is 0 Å². The maximum Gasteiger partial charge on any atom is 0.0474 e. The molecule has 1 N–H and O–H groups in total. The maximum absolute atomic E-state index is 4.99. The molecule has 0 saturated heterocycles. The van der Waals surface area contributed by atoms with Gasteiger partial charge in [-0.25, -0.2) is 0 Å². The number of hydrogen-bond donors (Lipinski definition) is 1. The van der Waals surface area contributed by atoms with Crippen molar-refractivity contribution in [2.75, 3.05) is 20.3 Å². The number of nitrogens with one attached hydrogen (secondary N) is 1. The van der Waals surface area contributed by atoms with Gasteiger partial charge >= 0.3 is 0 Å². The largest absolute Gasteiger partial charge is 0.385 e. The predicted octanol–water partition coefficient (Wildman–Crippen LogP) is 2.37. The van der Waals surface area contributed by atoms with Crippen molar-refractivity contribution < 1.29 is 4.74 Å². The van der Waals surface area contributed by atoms with Gasteiger partial charge in [0.1, 0.15) is 0 Å². The second kappa shape index (κ2) is 6.57. The topological polar surface area (TPSA) is 21.3 Å². The molecule has 0 unspecified atom stereocenters. The molecular weight excluding hydrogens is 174 g/mol. The molecule has 14 heavy (non-hydrogen) atoms. The van der Waals surface area contributed by atoms with Crippen LogP contribution in [0.15, 0.2) is 30.3 Å². The summed E-state index contributed by atoms with van der Waals surface area (Å²) in [5.74, 6) is 0. The van der Waals surface area contributed by atoms with Crippen LogP contribution in [0.2, 0.25) is 0 Å². The molecule has 1 aromatic rings. The molecule has 0 aliphatic heterocycles. The van der Waals surface area contributed by atoms with Crippen LogP contribution in [0.4, 0.5) is 0 Å². The van der Waals surface area contributed by atoms with E-state index in [1.807, 2.05) is 6.07 Å². The Kier molecular flexibility index (Phi) is 5.27. The number of rotatable bonds is 6. The van der Waals surface area contributed by atoms with Gasteiger partial charge in [0.15, 0.2) is 0 Å². The zero-order valence-corrected chi connectivity index (χ0v) is 8.99. The predicted molar refractivity (Wildman–Crippen MR) is 59.4 cm³/mol. The summed E-state index contributed by atoms with van der Waals surface area (Å²) in [6.07, 6.45) is 1.06. The second-order valence-electron chi connectivity index (χ2n) is 3.43. The third-order valence-electron chi connectivity index (χ3n) is 2.28. The van der Waals surface area contributed by atoms with Gasteiger partial charge in [0.25, 0.3) is 0 Å². The first-order chi connectivity index (χ1) is 6.84. The Morgan fingerprint density at radius 1 is 1.29 bits per heavy atom. The molecule has 0 radical (unpaired) electrons. The summed E-state index contributed by atoms with van der Waals surface area (Å²) in [5.41, 5.74) is 1.34. The monoisotopic (exact) mass is 193 g/mol. The van der Waals surface area contributed by atoms with Crippen LogP contribution in [-0.2, 0) is 4.74 Å². The van der Waals surface area contributed by atoms with E-state index in [0.717, 1.165) is 19.6 Å². The van der Waals surface area contributed by atoms with E-state index >= 15 is 0 Å². The van der Waals surface area contributed by atoms with Crippen molar-refractivity contribution in [1.29, 1.82) is 0 Å². The SMILES string of the molecule is COCCCN[C@H](C)c1ccccc1. The third-order valence-corrected chi connectivity index (χ3v) is 2.28. The number of methoxy groups -OCH3 is 1. The van der Waals surface area contributed by atoms with Gasteiger partial charge in [-0.1, -0.05) is 30.3 Å². The molecule has 2 heteroatoms. The fourth-order valence-electron chi connectivity index (χ4n) is 1.39. The Hall–Kier alpha value is -0.860. The minimum atomic E-state index is 0.424. The third kappa shape index (κ3) is 3.90. The highest BCUT2D eigenvalue weighted by molar-refractivity contribution is 5.17. The second-order valence-corrected chi connectivity index (χ2v) is 3.43. The summed E-state index contributed by atoms with van der Waals surface area (Å²) in [5, 5.41) is 3.45. The lowest BCUT2D eigenvalue weighted by molar-refractivity contribution is 0.193. The van der Waals surface area contributed by atoms with Gasteiger partial charge in [-0.05, 0) is 25.5 Å². The standard InChI is InChI=1S/C12H19NO/c1-11(13-9-6-10-14-2)12-7-4-3-5-8-12/h3-5,7-8,11,13H,6,9-10H2,1-2H3/t11-/m1/s1. The summed E-state index contributed by atoms with van der Waals surface area (Å²) in [6.45, 7) is 4.01. The summed E-state index contributed by atoms with van der Waals surface area (Å²) < 4.78 is 4.99. The lowest BCUT2D eigenvalue weighted by Crippen LogP contribution is -2.20. The van der Waals surface area contributed by atoms with Crippen molar-refractivity contribution in [3.63, 3.8) is 0 Å². The highest BCUT2D eigenvalue weighted by atomic mass is 16.5. The van der Waals surface area contributed by atoms with Crippen molar-refractivity contribution in [2.24, 2.45) is 0 Å². The lowest BCUT2D eigenvalue weighted by Gasteiger charge is -2.13. The van der Waals surface area contributed by atoms with Gasteiger partial charge in [0.2, 0.25) is 0 Å². The van der Waals surface area contributed by atoms with Crippen LogP contribution in [0.25, 0.3) is 0 Å². The Morgan fingerprint density at radius 3 is 2.64 bits per heavy atom. The van der Waals surface area contributed by atoms with Gasteiger partial charge in [-0.15, -0.1) is 0 Å². The Morgan fingerprint density at radius 2 is 2.00 bits per heavy atom. The number of hydrogen-bond acceptors (Lipinski definition) is 2. The Bertz CT molecular complexity index is 235. The van der Waals surface area contributed by atoms with Gasteiger partial charge in [0, 0.05) is 19.8 Å². The fourth-order valence-corrected chi connectivity index (χ4v) is 1.39. The summed E-state index contributed by atoms with van der Waals surface area (Å²) >= 11 is 0. The van der Waals surface area contributed by atoms with Crippen LogP contribution in [0, 0.1) is 0 Å². The molecular formula is C12H19NO. The minimum absolute atomic E-state index is 0.424. The van der Waals surface area contributed by atoms with Gasteiger partial charge in [-0.2, -0.15) is 0 Å². The Balaban J connectivity index is 2.25. The highest BCUT2D eigenvalue weighted by Gasteiger charge is 2.01. The van der Waals surface area contributed by atoms with Crippen molar-refractivity contribution in [3.05, 3.63) is 35.9 Å². The molecule has 78 valence electrons. The molecule has 2 nitrogen and oxygen atoms in total. The van der Waals surface area contributed by atoms with E-state index in [2.05, 4.69) is 36.5 Å². The van der Waals surface area contributed by atoms with E-state index in [1.165, 1.54) is 5.56 Å². The molecule has 0 bridgehead atoms. The van der Waals surface area contributed by atoms with Crippen LogP contribution in [-0.4, -0.2) is 20.3 Å². The van der Waals surface area contributed by atoms with E-state index in [4.69, 9.17) is 4.74 Å². The first-order valence-corrected chi connectivity index (χ1v) is 5.12.